The highest BCUT2D eigenvalue weighted by Crippen LogP contribution is 2.11. The van der Waals surface area contributed by atoms with Crippen molar-refractivity contribution in [3.05, 3.63) is 0 Å². The Morgan fingerprint density at radius 2 is 1.75 bits per heavy atom. The number of esters is 1. The zero-order chi connectivity index (χ0) is 12.2. The van der Waals surface area contributed by atoms with E-state index in [4.69, 9.17) is 5.11 Å². The number of unbranched alkanes of at least 4 members (excludes halogenated alkanes) is 5. The Bertz CT molecular complexity index is 174. The van der Waals surface area contributed by atoms with Crippen LogP contribution < -0.4 is 0 Å². The second-order valence-electron chi connectivity index (χ2n) is 4.02. The molecule has 0 unspecified atom stereocenters. The average molecular weight is 234 g/mol. The maximum Gasteiger partial charge on any atom is 0.305 e. The lowest BCUT2D eigenvalue weighted by Crippen LogP contribution is -2.05. The van der Waals surface area contributed by atoms with Crippen LogP contribution in [0, 0.1) is 0 Å². The largest absolute Gasteiger partial charge is 0.469 e. The van der Waals surface area contributed by atoms with Gasteiger partial charge in [0.2, 0.25) is 0 Å². The number of halogens is 1. The zero-order valence-corrected chi connectivity index (χ0v) is 10.1. The van der Waals surface area contributed by atoms with Crippen molar-refractivity contribution in [3.8, 4) is 0 Å². The van der Waals surface area contributed by atoms with E-state index in [9.17, 15) is 9.18 Å². The first kappa shape index (κ1) is 15.4. The Morgan fingerprint density at radius 3 is 2.31 bits per heavy atom. The van der Waals surface area contributed by atoms with Gasteiger partial charge < -0.3 is 9.84 Å². The molecule has 0 aliphatic heterocycles. The summed E-state index contributed by atoms with van der Waals surface area (Å²) in [5.74, 6) is -0.150. The van der Waals surface area contributed by atoms with E-state index in [1.807, 2.05) is 0 Å². The predicted molar refractivity (Wildman–Crippen MR) is 60.9 cm³/mol. The van der Waals surface area contributed by atoms with Crippen molar-refractivity contribution in [3.63, 3.8) is 0 Å². The Hall–Kier alpha value is -0.640. The summed E-state index contributed by atoms with van der Waals surface area (Å²) >= 11 is 0. The fourth-order valence-corrected chi connectivity index (χ4v) is 1.54. The van der Waals surface area contributed by atoms with Crippen LogP contribution in [0.15, 0.2) is 0 Å². The van der Waals surface area contributed by atoms with Crippen LogP contribution in [0.5, 0.6) is 0 Å². The van der Waals surface area contributed by atoms with Gasteiger partial charge in [0.1, 0.15) is 6.17 Å². The zero-order valence-electron chi connectivity index (χ0n) is 10.1. The smallest absolute Gasteiger partial charge is 0.305 e. The normalized spacial score (nSPS) is 12.4. The Kier molecular flexibility index (Phi) is 10.4. The number of aliphatic hydroxyl groups excluding tert-OH is 1. The second-order valence-corrected chi connectivity index (χ2v) is 4.02. The molecule has 0 rings (SSSR count). The van der Waals surface area contributed by atoms with Crippen LogP contribution in [0.2, 0.25) is 0 Å². The molecule has 0 spiro atoms. The third kappa shape index (κ3) is 9.90. The number of ether oxygens (including phenoxy) is 1. The molecule has 0 saturated carbocycles. The van der Waals surface area contributed by atoms with E-state index in [-0.39, 0.29) is 12.6 Å². The third-order valence-electron chi connectivity index (χ3n) is 2.57. The van der Waals surface area contributed by atoms with Crippen molar-refractivity contribution >= 4 is 5.97 Å². The number of aliphatic hydroxyl groups is 1. The Balaban J connectivity index is 3.07. The summed E-state index contributed by atoms with van der Waals surface area (Å²) in [5.41, 5.74) is 0. The number of methoxy groups -OCH3 is 1. The van der Waals surface area contributed by atoms with Crippen LogP contribution in [0.4, 0.5) is 4.39 Å². The molecule has 0 amide bonds. The van der Waals surface area contributed by atoms with Gasteiger partial charge in [-0.3, -0.25) is 4.79 Å². The summed E-state index contributed by atoms with van der Waals surface area (Å²) in [6.07, 6.45) is 5.76. The number of rotatable bonds is 10. The monoisotopic (exact) mass is 234 g/mol. The highest BCUT2D eigenvalue weighted by atomic mass is 19.1. The number of hydrogen-bond acceptors (Lipinski definition) is 3. The van der Waals surface area contributed by atoms with Gasteiger partial charge in [-0.1, -0.05) is 32.1 Å². The lowest BCUT2D eigenvalue weighted by atomic mass is 10.1. The van der Waals surface area contributed by atoms with Crippen molar-refractivity contribution in [2.45, 2.75) is 57.5 Å². The molecule has 0 aliphatic rings. The molecule has 1 atom stereocenters. The molecule has 0 radical (unpaired) electrons. The van der Waals surface area contributed by atoms with E-state index in [1.165, 1.54) is 7.11 Å². The first-order valence-corrected chi connectivity index (χ1v) is 6.02. The van der Waals surface area contributed by atoms with Crippen LogP contribution in [0.3, 0.4) is 0 Å². The van der Waals surface area contributed by atoms with Crippen molar-refractivity contribution in [2.75, 3.05) is 13.7 Å². The fourth-order valence-electron chi connectivity index (χ4n) is 1.54. The maximum atomic E-state index is 12.6. The summed E-state index contributed by atoms with van der Waals surface area (Å²) in [6.45, 7) is -0.362. The van der Waals surface area contributed by atoms with Gasteiger partial charge in [-0.25, -0.2) is 4.39 Å². The van der Waals surface area contributed by atoms with E-state index < -0.39 is 6.17 Å². The van der Waals surface area contributed by atoms with Gasteiger partial charge in [-0.2, -0.15) is 0 Å². The molecule has 3 nitrogen and oxygen atoms in total. The summed E-state index contributed by atoms with van der Waals surface area (Å²) in [5, 5.41) is 8.46. The molecular formula is C12H23FO3. The first-order valence-electron chi connectivity index (χ1n) is 6.02. The molecule has 0 fully saturated rings. The quantitative estimate of drug-likeness (QED) is 0.467. The minimum atomic E-state index is -1.06. The topological polar surface area (TPSA) is 46.5 Å². The van der Waals surface area contributed by atoms with Crippen LogP contribution in [0.1, 0.15) is 51.4 Å². The molecule has 0 heterocycles. The third-order valence-corrected chi connectivity index (χ3v) is 2.57. The van der Waals surface area contributed by atoms with Gasteiger partial charge in [-0.05, 0) is 12.8 Å². The molecule has 4 heteroatoms. The van der Waals surface area contributed by atoms with Crippen LogP contribution in [-0.2, 0) is 9.53 Å². The standard InChI is InChI=1S/C12H23FO3/c1-16-12(15)9-7-5-3-2-4-6-8-11(13)10-14/h11,14H,2-10H2,1H3/t11-/m0/s1. The molecule has 0 aliphatic carbocycles. The second kappa shape index (κ2) is 10.9. The maximum absolute atomic E-state index is 12.6. The molecule has 0 aromatic rings. The van der Waals surface area contributed by atoms with Gasteiger partial charge in [-0.15, -0.1) is 0 Å². The van der Waals surface area contributed by atoms with Crippen molar-refractivity contribution < 1.29 is 19.0 Å². The van der Waals surface area contributed by atoms with E-state index in [2.05, 4.69) is 4.74 Å². The van der Waals surface area contributed by atoms with Crippen molar-refractivity contribution in [2.24, 2.45) is 0 Å². The van der Waals surface area contributed by atoms with E-state index in [1.54, 1.807) is 0 Å². The molecule has 0 saturated heterocycles. The van der Waals surface area contributed by atoms with E-state index in [0.29, 0.717) is 12.8 Å². The summed E-state index contributed by atoms with van der Waals surface area (Å²) in [4.78, 5) is 10.8. The average Bonchev–Trinajstić information content (AvgIpc) is 2.31. The minimum Gasteiger partial charge on any atom is -0.469 e. The van der Waals surface area contributed by atoms with Gasteiger partial charge in [0.15, 0.2) is 0 Å². The molecule has 1 N–H and O–H groups in total. The predicted octanol–water partition coefficient (Wildman–Crippen LogP) is 2.61. The molecular weight excluding hydrogens is 211 g/mol. The fraction of sp³-hybridized carbons (Fsp3) is 0.917. The van der Waals surface area contributed by atoms with Gasteiger partial charge in [0.05, 0.1) is 13.7 Å². The number of hydrogen-bond donors (Lipinski definition) is 1. The van der Waals surface area contributed by atoms with Gasteiger partial charge in [0, 0.05) is 6.42 Å². The van der Waals surface area contributed by atoms with Crippen LogP contribution in [-0.4, -0.2) is 31.0 Å². The number of alkyl halides is 1. The van der Waals surface area contributed by atoms with Gasteiger partial charge >= 0.3 is 5.97 Å². The van der Waals surface area contributed by atoms with Gasteiger partial charge in [0.25, 0.3) is 0 Å². The van der Waals surface area contributed by atoms with Crippen molar-refractivity contribution in [1.82, 2.24) is 0 Å². The molecule has 16 heavy (non-hydrogen) atoms. The van der Waals surface area contributed by atoms with Crippen LogP contribution >= 0.6 is 0 Å². The number of carbonyl (C=O) groups is 1. The molecule has 0 bridgehead atoms. The Labute approximate surface area is 97.0 Å². The lowest BCUT2D eigenvalue weighted by Gasteiger charge is -2.04. The summed E-state index contributed by atoms with van der Waals surface area (Å²) in [6, 6.07) is 0. The van der Waals surface area contributed by atoms with Crippen LogP contribution in [0.25, 0.3) is 0 Å². The Morgan fingerprint density at radius 1 is 1.19 bits per heavy atom. The first-order chi connectivity index (χ1) is 7.70. The minimum absolute atomic E-state index is 0.150. The summed E-state index contributed by atoms with van der Waals surface area (Å²) in [7, 11) is 1.40. The van der Waals surface area contributed by atoms with E-state index >= 15 is 0 Å². The molecule has 96 valence electrons. The molecule has 0 aromatic carbocycles. The highest BCUT2D eigenvalue weighted by Gasteiger charge is 2.03. The number of carbonyl (C=O) groups excluding carboxylic acids is 1. The summed E-state index contributed by atoms with van der Waals surface area (Å²) < 4.78 is 17.1. The lowest BCUT2D eigenvalue weighted by molar-refractivity contribution is -0.140. The SMILES string of the molecule is COC(=O)CCCCCCCC[C@H](F)CO. The van der Waals surface area contributed by atoms with E-state index in [0.717, 1.165) is 38.5 Å². The molecule has 0 aromatic heterocycles. The van der Waals surface area contributed by atoms with Crippen molar-refractivity contribution in [1.29, 1.82) is 0 Å². The highest BCUT2D eigenvalue weighted by molar-refractivity contribution is 5.68.